The minimum absolute atomic E-state index is 0.121. The predicted molar refractivity (Wildman–Crippen MR) is 91.4 cm³/mol. The third-order valence-electron chi connectivity index (χ3n) is 3.37. The first kappa shape index (κ1) is 17.8. The molecule has 6 nitrogen and oxygen atoms in total. The van der Waals surface area contributed by atoms with E-state index in [1.54, 1.807) is 30.3 Å². The Hall–Kier alpha value is -2.54. The van der Waals surface area contributed by atoms with Crippen molar-refractivity contribution in [2.24, 2.45) is 0 Å². The molecule has 0 saturated carbocycles. The SMILES string of the molecule is COc1ccc(NC(=O)CS(=O)(=O)c2ccc(C)cc2)cc1OC. The number of anilines is 1. The van der Waals surface area contributed by atoms with Crippen LogP contribution in [-0.4, -0.2) is 34.3 Å². The Bertz CT molecular complexity index is 829. The van der Waals surface area contributed by atoms with E-state index in [4.69, 9.17) is 9.47 Å². The van der Waals surface area contributed by atoms with Gasteiger partial charge < -0.3 is 14.8 Å². The minimum Gasteiger partial charge on any atom is -0.493 e. The fourth-order valence-electron chi connectivity index (χ4n) is 2.11. The molecule has 0 bridgehead atoms. The van der Waals surface area contributed by atoms with Gasteiger partial charge in [0.05, 0.1) is 19.1 Å². The molecule has 0 aliphatic rings. The van der Waals surface area contributed by atoms with Crippen molar-refractivity contribution >= 4 is 21.4 Å². The van der Waals surface area contributed by atoms with E-state index in [1.165, 1.54) is 26.4 Å². The van der Waals surface area contributed by atoms with Gasteiger partial charge in [-0.15, -0.1) is 0 Å². The number of amides is 1. The Labute approximate surface area is 141 Å². The van der Waals surface area contributed by atoms with E-state index in [1.807, 2.05) is 6.92 Å². The molecular weight excluding hydrogens is 330 g/mol. The molecule has 2 aromatic carbocycles. The number of carbonyl (C=O) groups excluding carboxylic acids is 1. The molecule has 0 fully saturated rings. The van der Waals surface area contributed by atoms with Crippen molar-refractivity contribution in [3.63, 3.8) is 0 Å². The van der Waals surface area contributed by atoms with Crippen LogP contribution in [0.25, 0.3) is 0 Å². The molecule has 128 valence electrons. The lowest BCUT2D eigenvalue weighted by Gasteiger charge is -2.11. The number of rotatable bonds is 6. The first-order valence-corrected chi connectivity index (χ1v) is 8.82. The number of carbonyl (C=O) groups is 1. The van der Waals surface area contributed by atoms with Crippen LogP contribution in [-0.2, 0) is 14.6 Å². The van der Waals surface area contributed by atoms with E-state index in [-0.39, 0.29) is 4.90 Å². The first-order chi connectivity index (χ1) is 11.4. The maximum absolute atomic E-state index is 12.3. The summed E-state index contributed by atoms with van der Waals surface area (Å²) in [6.07, 6.45) is 0. The van der Waals surface area contributed by atoms with Crippen LogP contribution in [0.4, 0.5) is 5.69 Å². The number of hydrogen-bond acceptors (Lipinski definition) is 5. The van der Waals surface area contributed by atoms with E-state index in [9.17, 15) is 13.2 Å². The lowest BCUT2D eigenvalue weighted by molar-refractivity contribution is -0.113. The molecule has 0 spiro atoms. The maximum Gasteiger partial charge on any atom is 0.239 e. The highest BCUT2D eigenvalue weighted by atomic mass is 32.2. The van der Waals surface area contributed by atoms with Crippen LogP contribution >= 0.6 is 0 Å². The molecule has 0 atom stereocenters. The fraction of sp³-hybridized carbons (Fsp3) is 0.235. The summed E-state index contributed by atoms with van der Waals surface area (Å²) in [5, 5.41) is 2.55. The molecule has 1 N–H and O–H groups in total. The third kappa shape index (κ3) is 4.26. The van der Waals surface area contributed by atoms with Gasteiger partial charge in [-0.3, -0.25) is 4.79 Å². The highest BCUT2D eigenvalue weighted by Crippen LogP contribution is 2.29. The van der Waals surface area contributed by atoms with E-state index >= 15 is 0 Å². The summed E-state index contributed by atoms with van der Waals surface area (Å²) in [7, 11) is -0.711. The van der Waals surface area contributed by atoms with E-state index in [2.05, 4.69) is 5.32 Å². The Kier molecular flexibility index (Phi) is 5.46. The predicted octanol–water partition coefficient (Wildman–Crippen LogP) is 2.42. The van der Waals surface area contributed by atoms with Gasteiger partial charge in [-0.2, -0.15) is 0 Å². The third-order valence-corrected chi connectivity index (χ3v) is 5.00. The van der Waals surface area contributed by atoms with Crippen LogP contribution in [0.5, 0.6) is 11.5 Å². The molecule has 0 aromatic heterocycles. The number of methoxy groups -OCH3 is 2. The van der Waals surface area contributed by atoms with Gasteiger partial charge in [0.2, 0.25) is 5.91 Å². The lowest BCUT2D eigenvalue weighted by atomic mass is 10.2. The van der Waals surface area contributed by atoms with Gasteiger partial charge in [-0.25, -0.2) is 8.42 Å². The highest BCUT2D eigenvalue weighted by Gasteiger charge is 2.19. The molecule has 0 saturated heterocycles. The number of sulfone groups is 1. The Balaban J connectivity index is 2.11. The minimum atomic E-state index is -3.69. The molecule has 7 heteroatoms. The zero-order valence-corrected chi connectivity index (χ0v) is 14.5. The fourth-order valence-corrected chi connectivity index (χ4v) is 3.25. The summed E-state index contributed by atoms with van der Waals surface area (Å²) in [4.78, 5) is 12.2. The van der Waals surface area contributed by atoms with Crippen LogP contribution < -0.4 is 14.8 Å². The summed E-state index contributed by atoms with van der Waals surface area (Å²) in [5.41, 5.74) is 1.38. The van der Waals surface area contributed by atoms with E-state index in [0.717, 1.165) is 5.56 Å². The zero-order valence-electron chi connectivity index (χ0n) is 13.7. The Morgan fingerprint density at radius 1 is 1.00 bits per heavy atom. The summed E-state index contributed by atoms with van der Waals surface area (Å²) >= 11 is 0. The second kappa shape index (κ2) is 7.35. The monoisotopic (exact) mass is 349 g/mol. The van der Waals surface area contributed by atoms with E-state index in [0.29, 0.717) is 17.2 Å². The molecule has 0 aliphatic carbocycles. The van der Waals surface area contributed by atoms with Gasteiger partial charge in [0.1, 0.15) is 5.75 Å². The Morgan fingerprint density at radius 2 is 1.62 bits per heavy atom. The summed E-state index contributed by atoms with van der Waals surface area (Å²) in [6.45, 7) is 1.86. The molecule has 0 heterocycles. The van der Waals surface area contributed by atoms with Gasteiger partial charge >= 0.3 is 0 Å². The number of hydrogen-bond donors (Lipinski definition) is 1. The molecular formula is C17H19NO5S. The van der Waals surface area contributed by atoms with Crippen LogP contribution in [0.1, 0.15) is 5.56 Å². The Morgan fingerprint density at radius 3 is 2.21 bits per heavy atom. The smallest absolute Gasteiger partial charge is 0.239 e. The van der Waals surface area contributed by atoms with Crippen molar-refractivity contribution in [2.75, 3.05) is 25.3 Å². The van der Waals surface area contributed by atoms with Crippen molar-refractivity contribution in [3.8, 4) is 11.5 Å². The summed E-state index contributed by atoms with van der Waals surface area (Å²) in [6, 6.07) is 11.2. The molecule has 2 rings (SSSR count). The molecule has 1 amide bonds. The van der Waals surface area contributed by atoms with Gasteiger partial charge in [0.15, 0.2) is 21.3 Å². The second-order valence-electron chi connectivity index (χ2n) is 5.19. The second-order valence-corrected chi connectivity index (χ2v) is 7.18. The summed E-state index contributed by atoms with van der Waals surface area (Å²) in [5.74, 6) is -0.299. The maximum atomic E-state index is 12.3. The molecule has 0 radical (unpaired) electrons. The van der Waals surface area contributed by atoms with Gasteiger partial charge in [-0.05, 0) is 31.2 Å². The number of ether oxygens (including phenoxy) is 2. The van der Waals surface area contributed by atoms with Crippen LogP contribution in [0, 0.1) is 6.92 Å². The number of benzene rings is 2. The topological polar surface area (TPSA) is 81.7 Å². The standard InChI is InChI=1S/C17H19NO5S/c1-12-4-7-14(8-5-12)24(20,21)11-17(19)18-13-6-9-15(22-2)16(10-13)23-3/h4-10H,11H2,1-3H3,(H,18,19). The molecule has 24 heavy (non-hydrogen) atoms. The number of aryl methyl sites for hydroxylation is 1. The molecule has 0 unspecified atom stereocenters. The summed E-state index contributed by atoms with van der Waals surface area (Å²) < 4.78 is 34.8. The average molecular weight is 349 g/mol. The highest BCUT2D eigenvalue weighted by molar-refractivity contribution is 7.92. The zero-order chi connectivity index (χ0) is 17.7. The largest absolute Gasteiger partial charge is 0.493 e. The van der Waals surface area contributed by atoms with Gasteiger partial charge in [-0.1, -0.05) is 17.7 Å². The first-order valence-electron chi connectivity index (χ1n) is 7.17. The van der Waals surface area contributed by atoms with Crippen LogP contribution in [0.15, 0.2) is 47.4 Å². The average Bonchev–Trinajstić information content (AvgIpc) is 2.54. The molecule has 0 aliphatic heterocycles. The van der Waals surface area contributed by atoms with E-state index < -0.39 is 21.5 Å². The van der Waals surface area contributed by atoms with Crippen LogP contribution in [0.2, 0.25) is 0 Å². The molecule has 2 aromatic rings. The quantitative estimate of drug-likeness (QED) is 0.866. The number of nitrogens with one attached hydrogen (secondary N) is 1. The van der Waals surface area contributed by atoms with Gasteiger partial charge in [0.25, 0.3) is 0 Å². The lowest BCUT2D eigenvalue weighted by Crippen LogP contribution is -2.23. The van der Waals surface area contributed by atoms with Crippen molar-refractivity contribution in [1.82, 2.24) is 0 Å². The van der Waals surface area contributed by atoms with Crippen molar-refractivity contribution in [1.29, 1.82) is 0 Å². The van der Waals surface area contributed by atoms with Crippen molar-refractivity contribution in [2.45, 2.75) is 11.8 Å². The van der Waals surface area contributed by atoms with Gasteiger partial charge in [0, 0.05) is 11.8 Å². The van der Waals surface area contributed by atoms with Crippen LogP contribution in [0.3, 0.4) is 0 Å². The van der Waals surface area contributed by atoms with Crippen molar-refractivity contribution < 1.29 is 22.7 Å². The van der Waals surface area contributed by atoms with Crippen molar-refractivity contribution in [3.05, 3.63) is 48.0 Å². The normalized spacial score (nSPS) is 11.0.